The molecule has 0 unspecified atom stereocenters. The molecule has 21 heavy (non-hydrogen) atoms. The fourth-order valence-electron chi connectivity index (χ4n) is 2.34. The maximum Gasteiger partial charge on any atom is 0.317 e. The second-order valence-corrected chi connectivity index (χ2v) is 5.54. The number of aryl methyl sites for hydroxylation is 1. The Hall–Kier alpha value is -2.04. The Labute approximate surface area is 125 Å². The van der Waals surface area contributed by atoms with E-state index in [4.69, 9.17) is 5.11 Å². The van der Waals surface area contributed by atoms with Gasteiger partial charge in [-0.15, -0.1) is 0 Å². The average molecular weight is 290 g/mol. The molecule has 0 atom stereocenters. The number of hydrogen-bond acceptors (Lipinski definition) is 2. The number of carboxylic acid groups (broad SMARTS) is 1. The number of hydrogen-bond donors (Lipinski definition) is 2. The Bertz CT molecular complexity index is 512. The summed E-state index contributed by atoms with van der Waals surface area (Å²) in [5.74, 6) is -0.867. The fraction of sp³-hybridized carbons (Fsp3) is 0.500. The quantitative estimate of drug-likeness (QED) is 0.808. The van der Waals surface area contributed by atoms with Gasteiger partial charge in [-0.05, 0) is 31.7 Å². The van der Waals surface area contributed by atoms with Gasteiger partial charge >= 0.3 is 12.0 Å². The first-order chi connectivity index (χ1) is 10.1. The fourth-order valence-corrected chi connectivity index (χ4v) is 2.34. The summed E-state index contributed by atoms with van der Waals surface area (Å²) in [7, 11) is 0. The van der Waals surface area contributed by atoms with Gasteiger partial charge in [-0.25, -0.2) is 4.79 Å². The molecule has 0 saturated heterocycles. The molecule has 1 aliphatic rings. The number of nitrogens with one attached hydrogen (secondary N) is 1. The van der Waals surface area contributed by atoms with Crippen molar-refractivity contribution in [2.24, 2.45) is 0 Å². The summed E-state index contributed by atoms with van der Waals surface area (Å²) in [5.41, 5.74) is 2.40. The number of carboxylic acids is 1. The summed E-state index contributed by atoms with van der Waals surface area (Å²) >= 11 is 0. The average Bonchev–Trinajstić information content (AvgIpc) is 3.23. The summed E-state index contributed by atoms with van der Waals surface area (Å²) in [4.78, 5) is 24.4. The lowest BCUT2D eigenvalue weighted by atomic mass is 10.1. The van der Waals surface area contributed by atoms with Crippen LogP contribution in [0, 0.1) is 6.92 Å². The minimum absolute atomic E-state index is 0.00179. The van der Waals surface area contributed by atoms with E-state index >= 15 is 0 Å². The molecule has 114 valence electrons. The molecule has 5 heteroatoms. The van der Waals surface area contributed by atoms with Crippen molar-refractivity contribution in [2.75, 3.05) is 13.1 Å². The van der Waals surface area contributed by atoms with E-state index in [2.05, 4.69) is 11.4 Å². The predicted molar refractivity (Wildman–Crippen MR) is 80.3 cm³/mol. The Kier molecular flexibility index (Phi) is 5.20. The number of amides is 2. The predicted octanol–water partition coefficient (Wildman–Crippen LogP) is 2.19. The van der Waals surface area contributed by atoms with Crippen molar-refractivity contribution in [3.05, 3.63) is 35.4 Å². The van der Waals surface area contributed by atoms with Gasteiger partial charge in [0.2, 0.25) is 0 Å². The molecule has 1 fully saturated rings. The number of carbonyl (C=O) groups excluding carboxylic acids is 1. The minimum Gasteiger partial charge on any atom is -0.481 e. The van der Waals surface area contributed by atoms with Gasteiger partial charge < -0.3 is 15.3 Å². The lowest BCUT2D eigenvalue weighted by molar-refractivity contribution is -0.137. The lowest BCUT2D eigenvalue weighted by Gasteiger charge is -2.22. The van der Waals surface area contributed by atoms with E-state index in [0.29, 0.717) is 6.54 Å². The Morgan fingerprint density at radius 1 is 1.38 bits per heavy atom. The molecule has 0 radical (unpaired) electrons. The second-order valence-electron chi connectivity index (χ2n) is 5.54. The van der Waals surface area contributed by atoms with Crippen LogP contribution in [-0.2, 0) is 11.2 Å². The van der Waals surface area contributed by atoms with Crippen molar-refractivity contribution in [3.63, 3.8) is 0 Å². The van der Waals surface area contributed by atoms with E-state index in [9.17, 15) is 9.59 Å². The van der Waals surface area contributed by atoms with Crippen LogP contribution in [0.4, 0.5) is 4.79 Å². The van der Waals surface area contributed by atoms with E-state index in [0.717, 1.165) is 19.3 Å². The van der Waals surface area contributed by atoms with Crippen molar-refractivity contribution in [2.45, 2.75) is 38.6 Å². The molecule has 0 aromatic heterocycles. The molecule has 1 aromatic rings. The molecule has 1 aromatic carbocycles. The van der Waals surface area contributed by atoms with Gasteiger partial charge in [0.05, 0.1) is 6.42 Å². The zero-order valence-electron chi connectivity index (χ0n) is 12.3. The summed E-state index contributed by atoms with van der Waals surface area (Å²) < 4.78 is 0. The summed E-state index contributed by atoms with van der Waals surface area (Å²) in [6.07, 6.45) is 2.74. The molecular weight excluding hydrogens is 268 g/mol. The molecule has 1 saturated carbocycles. The molecule has 0 spiro atoms. The SMILES string of the molecule is Cc1cccc(CCNC(=O)N(CCC(=O)O)C2CC2)c1. The monoisotopic (exact) mass is 290 g/mol. The van der Waals surface area contributed by atoms with Crippen LogP contribution in [0.2, 0.25) is 0 Å². The zero-order chi connectivity index (χ0) is 15.2. The van der Waals surface area contributed by atoms with Crippen LogP contribution in [0.5, 0.6) is 0 Å². The summed E-state index contributed by atoms with van der Waals surface area (Å²) in [6, 6.07) is 8.28. The number of carbonyl (C=O) groups is 2. The van der Waals surface area contributed by atoms with Crippen LogP contribution >= 0.6 is 0 Å². The molecule has 0 heterocycles. The Morgan fingerprint density at radius 2 is 2.14 bits per heavy atom. The number of urea groups is 1. The Morgan fingerprint density at radius 3 is 2.76 bits per heavy atom. The minimum atomic E-state index is -0.867. The van der Waals surface area contributed by atoms with E-state index in [-0.39, 0.29) is 25.0 Å². The second kappa shape index (κ2) is 7.11. The highest BCUT2D eigenvalue weighted by molar-refractivity contribution is 5.76. The molecule has 2 rings (SSSR count). The first kappa shape index (κ1) is 15.4. The van der Waals surface area contributed by atoms with E-state index in [1.54, 1.807) is 4.90 Å². The van der Waals surface area contributed by atoms with Crippen LogP contribution in [-0.4, -0.2) is 41.1 Å². The van der Waals surface area contributed by atoms with Crippen LogP contribution < -0.4 is 5.32 Å². The summed E-state index contributed by atoms with van der Waals surface area (Å²) in [5, 5.41) is 11.6. The van der Waals surface area contributed by atoms with E-state index in [1.165, 1.54) is 11.1 Å². The van der Waals surface area contributed by atoms with Crippen molar-refractivity contribution < 1.29 is 14.7 Å². The number of rotatable bonds is 7. The van der Waals surface area contributed by atoms with Gasteiger partial charge in [0, 0.05) is 19.1 Å². The highest BCUT2D eigenvalue weighted by Gasteiger charge is 2.32. The lowest BCUT2D eigenvalue weighted by Crippen LogP contribution is -2.43. The van der Waals surface area contributed by atoms with Crippen LogP contribution in [0.25, 0.3) is 0 Å². The van der Waals surface area contributed by atoms with Crippen molar-refractivity contribution in [1.82, 2.24) is 10.2 Å². The van der Waals surface area contributed by atoms with E-state index in [1.807, 2.05) is 25.1 Å². The highest BCUT2D eigenvalue weighted by Crippen LogP contribution is 2.26. The van der Waals surface area contributed by atoms with E-state index < -0.39 is 5.97 Å². The van der Waals surface area contributed by atoms with Gasteiger partial charge in [-0.2, -0.15) is 0 Å². The third kappa shape index (κ3) is 5.10. The number of benzene rings is 1. The van der Waals surface area contributed by atoms with Crippen molar-refractivity contribution in [1.29, 1.82) is 0 Å². The topological polar surface area (TPSA) is 69.6 Å². The molecule has 2 N–H and O–H groups in total. The molecule has 2 amide bonds. The van der Waals surface area contributed by atoms with Crippen molar-refractivity contribution in [3.8, 4) is 0 Å². The van der Waals surface area contributed by atoms with Crippen LogP contribution in [0.1, 0.15) is 30.4 Å². The highest BCUT2D eigenvalue weighted by atomic mass is 16.4. The molecule has 0 aliphatic heterocycles. The maximum atomic E-state index is 12.1. The molecule has 0 bridgehead atoms. The zero-order valence-corrected chi connectivity index (χ0v) is 12.3. The van der Waals surface area contributed by atoms with Gasteiger partial charge in [0.15, 0.2) is 0 Å². The maximum absolute atomic E-state index is 12.1. The summed E-state index contributed by atoms with van der Waals surface area (Å²) in [6.45, 7) is 2.90. The largest absolute Gasteiger partial charge is 0.481 e. The standard InChI is InChI=1S/C16H22N2O3/c1-12-3-2-4-13(11-12)7-9-17-16(21)18(14-5-6-14)10-8-15(19)20/h2-4,11,14H,5-10H2,1H3,(H,17,21)(H,19,20). The molecular formula is C16H22N2O3. The third-order valence-corrected chi connectivity index (χ3v) is 3.59. The smallest absolute Gasteiger partial charge is 0.317 e. The third-order valence-electron chi connectivity index (χ3n) is 3.59. The first-order valence-corrected chi connectivity index (χ1v) is 7.38. The van der Waals surface area contributed by atoms with Crippen LogP contribution in [0.15, 0.2) is 24.3 Å². The van der Waals surface area contributed by atoms with Gasteiger partial charge in [-0.1, -0.05) is 29.8 Å². The van der Waals surface area contributed by atoms with Crippen molar-refractivity contribution >= 4 is 12.0 Å². The van der Waals surface area contributed by atoms with Gasteiger partial charge in [0.1, 0.15) is 0 Å². The molecule has 1 aliphatic carbocycles. The van der Waals surface area contributed by atoms with Crippen LogP contribution in [0.3, 0.4) is 0 Å². The Balaban J connectivity index is 1.78. The van der Waals surface area contributed by atoms with Gasteiger partial charge in [-0.3, -0.25) is 4.79 Å². The first-order valence-electron chi connectivity index (χ1n) is 7.38. The van der Waals surface area contributed by atoms with Gasteiger partial charge in [0.25, 0.3) is 0 Å². The molecule has 5 nitrogen and oxygen atoms in total. The number of aliphatic carboxylic acids is 1. The normalized spacial score (nSPS) is 13.8. The number of nitrogens with zero attached hydrogens (tertiary/aromatic N) is 1.